The lowest BCUT2D eigenvalue weighted by Crippen LogP contribution is -2.47. The van der Waals surface area contributed by atoms with Crippen molar-refractivity contribution in [2.75, 3.05) is 13.2 Å². The Balaban J connectivity index is 2.35. The standard InChI is InChI=1S/C18H27NO2/c1-4-12-19-18(13-17(20)21-5-2)11-10-14(3)15-8-6-7-9-16(15)18/h6-9,14,19H,4-5,10-13H2,1-3H3. The first kappa shape index (κ1) is 16.0. The minimum absolute atomic E-state index is 0.106. The molecule has 0 fully saturated rings. The predicted molar refractivity (Wildman–Crippen MR) is 85.3 cm³/mol. The van der Waals surface area contributed by atoms with Gasteiger partial charge in [0.2, 0.25) is 0 Å². The van der Waals surface area contributed by atoms with Crippen LogP contribution in [0.3, 0.4) is 0 Å². The van der Waals surface area contributed by atoms with E-state index in [9.17, 15) is 4.79 Å². The van der Waals surface area contributed by atoms with Crippen LogP contribution >= 0.6 is 0 Å². The monoisotopic (exact) mass is 289 g/mol. The van der Waals surface area contributed by atoms with E-state index in [1.807, 2.05) is 6.92 Å². The Morgan fingerprint density at radius 3 is 2.86 bits per heavy atom. The molecule has 3 heteroatoms. The van der Waals surface area contributed by atoms with Gasteiger partial charge in [-0.1, -0.05) is 38.1 Å². The lowest BCUT2D eigenvalue weighted by atomic mass is 9.70. The van der Waals surface area contributed by atoms with E-state index in [1.54, 1.807) is 0 Å². The Morgan fingerprint density at radius 1 is 1.38 bits per heavy atom. The molecular formula is C18H27NO2. The van der Waals surface area contributed by atoms with Crippen LogP contribution < -0.4 is 5.32 Å². The Hall–Kier alpha value is -1.35. The van der Waals surface area contributed by atoms with Crippen molar-refractivity contribution in [1.29, 1.82) is 0 Å². The van der Waals surface area contributed by atoms with Gasteiger partial charge < -0.3 is 10.1 Å². The fourth-order valence-electron chi connectivity index (χ4n) is 3.37. The van der Waals surface area contributed by atoms with Crippen LogP contribution in [0.1, 0.15) is 63.5 Å². The number of ether oxygens (including phenoxy) is 1. The summed E-state index contributed by atoms with van der Waals surface area (Å²) in [6.07, 6.45) is 3.57. The number of hydrogen-bond acceptors (Lipinski definition) is 3. The molecule has 21 heavy (non-hydrogen) atoms. The minimum atomic E-state index is -0.259. The summed E-state index contributed by atoms with van der Waals surface area (Å²) in [7, 11) is 0. The number of fused-ring (bicyclic) bond motifs is 1. The van der Waals surface area contributed by atoms with Crippen molar-refractivity contribution in [3.05, 3.63) is 35.4 Å². The zero-order valence-electron chi connectivity index (χ0n) is 13.4. The molecule has 0 saturated heterocycles. The van der Waals surface area contributed by atoms with E-state index in [4.69, 9.17) is 4.74 Å². The molecule has 1 aliphatic rings. The summed E-state index contributed by atoms with van der Waals surface area (Å²) in [6.45, 7) is 7.65. The highest BCUT2D eigenvalue weighted by molar-refractivity contribution is 5.71. The zero-order valence-corrected chi connectivity index (χ0v) is 13.4. The van der Waals surface area contributed by atoms with Crippen LogP contribution in [0, 0.1) is 0 Å². The van der Waals surface area contributed by atoms with E-state index in [0.29, 0.717) is 18.9 Å². The Labute approximate surface area is 128 Å². The average Bonchev–Trinajstić information content (AvgIpc) is 2.49. The topological polar surface area (TPSA) is 38.3 Å². The number of hydrogen-bond donors (Lipinski definition) is 1. The highest BCUT2D eigenvalue weighted by atomic mass is 16.5. The second-order valence-electron chi connectivity index (χ2n) is 6.02. The molecule has 116 valence electrons. The SMILES string of the molecule is CCCNC1(CC(=O)OCC)CCC(C)c2ccccc21. The molecule has 0 spiro atoms. The van der Waals surface area contributed by atoms with E-state index in [0.717, 1.165) is 25.8 Å². The Morgan fingerprint density at radius 2 is 2.14 bits per heavy atom. The lowest BCUT2D eigenvalue weighted by Gasteiger charge is -2.41. The van der Waals surface area contributed by atoms with Crippen LogP contribution in [0.5, 0.6) is 0 Å². The number of carbonyl (C=O) groups excluding carboxylic acids is 1. The van der Waals surface area contributed by atoms with E-state index in [-0.39, 0.29) is 11.5 Å². The van der Waals surface area contributed by atoms with E-state index >= 15 is 0 Å². The van der Waals surface area contributed by atoms with Crippen molar-refractivity contribution in [3.63, 3.8) is 0 Å². The van der Waals surface area contributed by atoms with Crippen LogP contribution in [-0.4, -0.2) is 19.1 Å². The van der Waals surface area contributed by atoms with Gasteiger partial charge in [-0.05, 0) is 49.8 Å². The van der Waals surface area contributed by atoms with Crippen molar-refractivity contribution in [2.45, 2.75) is 57.9 Å². The molecule has 0 radical (unpaired) electrons. The summed E-state index contributed by atoms with van der Waals surface area (Å²) in [5.41, 5.74) is 2.40. The molecular weight excluding hydrogens is 262 g/mol. The van der Waals surface area contributed by atoms with Crippen molar-refractivity contribution in [1.82, 2.24) is 5.32 Å². The van der Waals surface area contributed by atoms with E-state index in [1.165, 1.54) is 11.1 Å². The number of carbonyl (C=O) groups is 1. The molecule has 0 heterocycles. The fraction of sp³-hybridized carbons (Fsp3) is 0.611. The van der Waals surface area contributed by atoms with Gasteiger partial charge in [0.15, 0.2) is 0 Å². The Bertz CT molecular complexity index is 486. The minimum Gasteiger partial charge on any atom is -0.466 e. The summed E-state index contributed by atoms with van der Waals surface area (Å²) in [6, 6.07) is 8.54. The molecule has 1 aromatic rings. The molecule has 0 aromatic heterocycles. The van der Waals surface area contributed by atoms with Crippen LogP contribution in [0.2, 0.25) is 0 Å². The van der Waals surface area contributed by atoms with Crippen LogP contribution in [0.4, 0.5) is 0 Å². The summed E-state index contributed by atoms with van der Waals surface area (Å²) in [5.74, 6) is 0.449. The van der Waals surface area contributed by atoms with Crippen LogP contribution in [-0.2, 0) is 15.1 Å². The van der Waals surface area contributed by atoms with Gasteiger partial charge in [-0.25, -0.2) is 0 Å². The molecule has 0 bridgehead atoms. The molecule has 3 nitrogen and oxygen atoms in total. The molecule has 0 aliphatic heterocycles. The smallest absolute Gasteiger partial charge is 0.308 e. The third-order valence-corrected chi connectivity index (χ3v) is 4.48. The zero-order chi connectivity index (χ0) is 15.3. The molecule has 0 saturated carbocycles. The quantitative estimate of drug-likeness (QED) is 0.811. The first-order chi connectivity index (χ1) is 10.1. The summed E-state index contributed by atoms with van der Waals surface area (Å²) in [4.78, 5) is 12.1. The fourth-order valence-corrected chi connectivity index (χ4v) is 3.37. The van der Waals surface area contributed by atoms with Gasteiger partial charge >= 0.3 is 5.97 Å². The summed E-state index contributed by atoms with van der Waals surface area (Å²) < 4.78 is 5.21. The van der Waals surface area contributed by atoms with Gasteiger partial charge in [0.25, 0.3) is 0 Å². The van der Waals surface area contributed by atoms with E-state index < -0.39 is 0 Å². The Kier molecular flexibility index (Phi) is 5.40. The normalized spacial score (nSPS) is 24.4. The second-order valence-corrected chi connectivity index (χ2v) is 6.02. The van der Waals surface area contributed by atoms with Gasteiger partial charge in [0.1, 0.15) is 0 Å². The van der Waals surface area contributed by atoms with Crippen molar-refractivity contribution in [2.24, 2.45) is 0 Å². The van der Waals surface area contributed by atoms with Gasteiger partial charge in [-0.3, -0.25) is 4.79 Å². The van der Waals surface area contributed by atoms with Crippen LogP contribution in [0.25, 0.3) is 0 Å². The number of esters is 1. The largest absolute Gasteiger partial charge is 0.466 e. The average molecular weight is 289 g/mol. The van der Waals surface area contributed by atoms with Crippen LogP contribution in [0.15, 0.2) is 24.3 Å². The number of nitrogens with one attached hydrogen (secondary N) is 1. The first-order valence-corrected chi connectivity index (χ1v) is 8.13. The number of rotatable bonds is 6. The molecule has 1 N–H and O–H groups in total. The first-order valence-electron chi connectivity index (χ1n) is 8.13. The van der Waals surface area contributed by atoms with E-state index in [2.05, 4.69) is 43.4 Å². The van der Waals surface area contributed by atoms with Gasteiger partial charge in [0, 0.05) is 0 Å². The molecule has 2 atom stereocenters. The van der Waals surface area contributed by atoms with Gasteiger partial charge in [0.05, 0.1) is 18.6 Å². The van der Waals surface area contributed by atoms with Crippen molar-refractivity contribution in [3.8, 4) is 0 Å². The molecule has 1 aromatic carbocycles. The van der Waals surface area contributed by atoms with Crippen molar-refractivity contribution < 1.29 is 9.53 Å². The van der Waals surface area contributed by atoms with Crippen molar-refractivity contribution >= 4 is 5.97 Å². The molecule has 0 amide bonds. The summed E-state index contributed by atoms with van der Waals surface area (Å²) >= 11 is 0. The lowest BCUT2D eigenvalue weighted by molar-refractivity contribution is -0.145. The maximum atomic E-state index is 12.1. The number of benzene rings is 1. The molecule has 2 unspecified atom stereocenters. The maximum absolute atomic E-state index is 12.1. The van der Waals surface area contributed by atoms with Gasteiger partial charge in [-0.2, -0.15) is 0 Å². The second kappa shape index (κ2) is 7.08. The van der Waals surface area contributed by atoms with Gasteiger partial charge in [-0.15, -0.1) is 0 Å². The molecule has 1 aliphatic carbocycles. The molecule has 2 rings (SSSR count). The third kappa shape index (κ3) is 3.46. The highest BCUT2D eigenvalue weighted by Gasteiger charge is 2.40. The highest BCUT2D eigenvalue weighted by Crippen LogP contribution is 2.43. The third-order valence-electron chi connectivity index (χ3n) is 4.48. The maximum Gasteiger partial charge on any atom is 0.308 e. The predicted octanol–water partition coefficient (Wildman–Crippen LogP) is 3.73. The summed E-state index contributed by atoms with van der Waals surface area (Å²) in [5, 5.41) is 3.65.